The van der Waals surface area contributed by atoms with E-state index in [0.29, 0.717) is 26.1 Å². The zero-order valence-corrected chi connectivity index (χ0v) is 26.9. The Bertz CT molecular complexity index is 1570. The van der Waals surface area contributed by atoms with Gasteiger partial charge in [-0.25, -0.2) is 17.1 Å². The van der Waals surface area contributed by atoms with Crippen molar-refractivity contribution in [2.24, 2.45) is 0 Å². The first-order chi connectivity index (χ1) is 21.0. The van der Waals surface area contributed by atoms with E-state index in [-0.39, 0.29) is 28.1 Å². The number of ether oxygens (including phenoxy) is 1. The van der Waals surface area contributed by atoms with Crippen LogP contribution in [0.4, 0.5) is 10.1 Å². The van der Waals surface area contributed by atoms with Crippen molar-refractivity contribution in [1.82, 2.24) is 14.5 Å². The largest absolute Gasteiger partial charge is 0.491 e. The quantitative estimate of drug-likeness (QED) is 0.325. The molecule has 2 saturated heterocycles. The molecule has 2 aliphatic heterocycles. The van der Waals surface area contributed by atoms with Gasteiger partial charge in [0.2, 0.25) is 10.0 Å². The molecule has 2 aliphatic rings. The number of rotatable bonds is 11. The van der Waals surface area contributed by atoms with Crippen LogP contribution in [-0.2, 0) is 21.2 Å². The second-order valence-corrected chi connectivity index (χ2v) is 14.5. The predicted octanol–water partition coefficient (Wildman–Crippen LogP) is 4.93. The van der Waals surface area contributed by atoms with Crippen LogP contribution in [0.25, 0.3) is 11.1 Å². The highest BCUT2D eigenvalue weighted by molar-refractivity contribution is 7.89. The zero-order chi connectivity index (χ0) is 31.5. The van der Waals surface area contributed by atoms with Crippen LogP contribution in [0, 0.1) is 5.82 Å². The van der Waals surface area contributed by atoms with Crippen molar-refractivity contribution < 1.29 is 22.3 Å². The molecule has 2 heterocycles. The number of sulfonamides is 1. The van der Waals surface area contributed by atoms with Crippen molar-refractivity contribution in [3.63, 3.8) is 0 Å². The number of benzene rings is 3. The van der Waals surface area contributed by atoms with Gasteiger partial charge in [-0.3, -0.25) is 15.0 Å². The fourth-order valence-electron chi connectivity index (χ4n) is 6.23. The molecule has 1 spiro atoms. The molecule has 0 radical (unpaired) electrons. The number of piperidine rings is 1. The second kappa shape index (κ2) is 13.4. The monoisotopic (exact) mass is 622 g/mol. The minimum atomic E-state index is -3.55. The van der Waals surface area contributed by atoms with Crippen molar-refractivity contribution >= 4 is 21.5 Å². The van der Waals surface area contributed by atoms with Crippen molar-refractivity contribution in [1.29, 1.82) is 0 Å². The van der Waals surface area contributed by atoms with Gasteiger partial charge < -0.3 is 9.64 Å². The Morgan fingerprint density at radius 3 is 2.45 bits per heavy atom. The number of nitrogens with one attached hydrogen (secondary N) is 1. The normalized spacial score (nSPS) is 17.1. The van der Waals surface area contributed by atoms with Gasteiger partial charge in [-0.05, 0) is 86.7 Å². The number of likely N-dealkylation sites (tertiary alicyclic amines) is 1. The molecule has 0 aliphatic carbocycles. The van der Waals surface area contributed by atoms with Crippen LogP contribution in [0.15, 0.2) is 71.6 Å². The van der Waals surface area contributed by atoms with Gasteiger partial charge in [0.1, 0.15) is 17.3 Å². The van der Waals surface area contributed by atoms with Gasteiger partial charge in [0, 0.05) is 51.4 Å². The number of hydrogen-bond donors (Lipinski definition) is 1. The smallest absolute Gasteiger partial charge is 0.242 e. The highest BCUT2D eigenvalue weighted by Gasteiger charge is 2.44. The number of Topliss-reactive ketones (excluding diaryl/α,β-unsaturated/α-hetero) is 1. The lowest BCUT2D eigenvalue weighted by Crippen LogP contribution is -2.54. The molecule has 3 aromatic carbocycles. The highest BCUT2D eigenvalue weighted by Crippen LogP contribution is 2.41. The summed E-state index contributed by atoms with van der Waals surface area (Å²) in [4.78, 5) is 17.6. The van der Waals surface area contributed by atoms with Crippen molar-refractivity contribution in [3.8, 4) is 16.9 Å². The van der Waals surface area contributed by atoms with Crippen LogP contribution in [0.2, 0.25) is 0 Å². The van der Waals surface area contributed by atoms with Crippen LogP contribution in [0.3, 0.4) is 0 Å². The third kappa shape index (κ3) is 7.15. The van der Waals surface area contributed by atoms with E-state index in [1.165, 1.54) is 24.5 Å². The first kappa shape index (κ1) is 32.1. The summed E-state index contributed by atoms with van der Waals surface area (Å²) in [5.41, 5.74) is 3.36. The Kier molecular flexibility index (Phi) is 9.74. The molecule has 0 bridgehead atoms. The number of anilines is 1. The Labute approximate surface area is 260 Å². The van der Waals surface area contributed by atoms with Gasteiger partial charge in [-0.1, -0.05) is 24.3 Å². The molecule has 0 unspecified atom stereocenters. The minimum absolute atomic E-state index is 0.105. The minimum Gasteiger partial charge on any atom is -0.491 e. The van der Waals surface area contributed by atoms with E-state index in [1.54, 1.807) is 36.4 Å². The van der Waals surface area contributed by atoms with E-state index in [9.17, 15) is 17.6 Å². The first-order valence-electron chi connectivity index (χ1n) is 15.3. The third-order valence-corrected chi connectivity index (χ3v) is 10.5. The summed E-state index contributed by atoms with van der Waals surface area (Å²) in [5, 5.41) is 3.50. The second-order valence-electron chi connectivity index (χ2n) is 12.3. The van der Waals surface area contributed by atoms with Gasteiger partial charge in [0.05, 0.1) is 29.8 Å². The van der Waals surface area contributed by atoms with Crippen molar-refractivity contribution in [2.45, 2.75) is 56.1 Å². The van der Waals surface area contributed by atoms with E-state index >= 15 is 0 Å². The summed E-state index contributed by atoms with van der Waals surface area (Å²) in [5.74, 6) is 0.739. The molecular formula is C34H43FN4O4S. The van der Waals surface area contributed by atoms with Crippen LogP contribution < -0.4 is 15.0 Å². The predicted molar refractivity (Wildman–Crippen MR) is 172 cm³/mol. The Hall–Kier alpha value is -3.31. The third-order valence-electron chi connectivity index (χ3n) is 8.64. The zero-order valence-electron chi connectivity index (χ0n) is 26.1. The molecular weight excluding hydrogens is 579 g/mol. The Morgan fingerprint density at radius 1 is 1.05 bits per heavy atom. The van der Waals surface area contributed by atoms with Gasteiger partial charge in [0.15, 0.2) is 0 Å². The lowest BCUT2D eigenvalue weighted by Gasteiger charge is -2.45. The molecule has 0 atom stereocenters. The molecule has 0 aromatic heterocycles. The maximum absolute atomic E-state index is 14.7. The molecule has 0 amide bonds. The first-order valence-corrected chi connectivity index (χ1v) is 16.7. The summed E-state index contributed by atoms with van der Waals surface area (Å²) >= 11 is 0. The fraction of sp³-hybridized carbons (Fsp3) is 0.441. The average Bonchev–Trinajstić information content (AvgIpc) is 3.40. The topological polar surface area (TPSA) is 82.2 Å². The number of halogens is 1. The van der Waals surface area contributed by atoms with E-state index < -0.39 is 10.0 Å². The molecule has 2 fully saturated rings. The summed E-state index contributed by atoms with van der Waals surface area (Å²) in [7, 11) is -0.537. The van der Waals surface area contributed by atoms with Crippen molar-refractivity contribution in [3.05, 3.63) is 78.1 Å². The molecule has 8 nitrogen and oxygen atoms in total. The number of aryl methyl sites for hydroxylation is 1. The van der Waals surface area contributed by atoms with E-state index in [1.807, 2.05) is 38.1 Å². The summed E-state index contributed by atoms with van der Waals surface area (Å²) in [6, 6.07) is 19.5. The number of hydrogen-bond acceptors (Lipinski definition) is 7. The molecule has 44 heavy (non-hydrogen) atoms. The van der Waals surface area contributed by atoms with E-state index in [0.717, 1.165) is 60.6 Å². The summed E-state index contributed by atoms with van der Waals surface area (Å²) in [6.45, 7) is 7.35. The molecule has 3 aromatic rings. The lowest BCUT2D eigenvalue weighted by molar-refractivity contribution is -0.120. The lowest BCUT2D eigenvalue weighted by atomic mass is 9.85. The van der Waals surface area contributed by atoms with Gasteiger partial charge in [0.25, 0.3) is 0 Å². The maximum atomic E-state index is 14.7. The number of ketones is 1. The summed E-state index contributed by atoms with van der Waals surface area (Å²) in [6.07, 6.45) is 2.97. The Morgan fingerprint density at radius 2 is 1.77 bits per heavy atom. The molecule has 10 heteroatoms. The van der Waals surface area contributed by atoms with Crippen LogP contribution >= 0.6 is 0 Å². The van der Waals surface area contributed by atoms with Gasteiger partial charge >= 0.3 is 0 Å². The average molecular weight is 623 g/mol. The molecule has 236 valence electrons. The number of carbonyl (C=O) groups excluding carboxylic acids is 1. The molecule has 1 N–H and O–H groups in total. The highest BCUT2D eigenvalue weighted by atomic mass is 32.2. The van der Waals surface area contributed by atoms with Crippen molar-refractivity contribution in [2.75, 3.05) is 51.8 Å². The number of carbonyl (C=O) groups is 1. The van der Waals surface area contributed by atoms with Gasteiger partial charge in [-0.15, -0.1) is 0 Å². The van der Waals surface area contributed by atoms with E-state index in [4.69, 9.17) is 4.74 Å². The molecule has 0 saturated carbocycles. The Balaban J connectivity index is 1.24. The van der Waals surface area contributed by atoms with Gasteiger partial charge in [-0.2, -0.15) is 0 Å². The standard InChI is InChI=1S/C34H43FN4O4S/c1-25(2)43-30-7-5-6-26(20-30)8-12-29(40)22-38-18-16-34(17-19-38)23-36-24-39(34)33-21-28(35)11-15-32(33)27-9-13-31(14-10-27)44(41,42)37(3)4/h5-7,9-11,13-15,20-21,25,36H,8,12,16-19,22-24H2,1-4H3. The summed E-state index contributed by atoms with van der Waals surface area (Å²) < 4.78 is 46.8. The van der Waals surface area contributed by atoms with E-state index in [2.05, 4.69) is 15.1 Å². The fourth-order valence-corrected chi connectivity index (χ4v) is 7.13. The molecule has 5 rings (SSSR count). The number of nitrogens with zero attached hydrogens (tertiary/aromatic N) is 3. The SMILES string of the molecule is CC(C)Oc1cccc(CCC(=O)CN2CCC3(CC2)CNCN3c2cc(F)ccc2-c2ccc(S(=O)(=O)N(C)C)cc2)c1. The van der Waals surface area contributed by atoms with Crippen LogP contribution in [0.1, 0.15) is 38.7 Å². The van der Waals surface area contributed by atoms with Crippen LogP contribution in [0.5, 0.6) is 5.75 Å². The van der Waals surface area contributed by atoms with Crippen LogP contribution in [-0.4, -0.2) is 82.0 Å². The maximum Gasteiger partial charge on any atom is 0.242 e.